The van der Waals surface area contributed by atoms with Gasteiger partial charge in [-0.25, -0.2) is 0 Å². The lowest BCUT2D eigenvalue weighted by molar-refractivity contribution is -0.0885. The second-order valence-corrected chi connectivity index (χ2v) is 4.30. The first kappa shape index (κ1) is 11.2. The van der Waals surface area contributed by atoms with E-state index in [1.807, 2.05) is 0 Å². The van der Waals surface area contributed by atoms with Gasteiger partial charge in [-0.05, 0) is 20.8 Å². The fourth-order valence-electron chi connectivity index (χ4n) is 0.274. The molecule has 0 aromatic carbocycles. The van der Waals surface area contributed by atoms with E-state index in [-0.39, 0.29) is 6.79 Å². The first-order chi connectivity index (χ1) is 4.71. The van der Waals surface area contributed by atoms with Crippen molar-refractivity contribution in [3.63, 3.8) is 0 Å². The Balaban J connectivity index is 3.44. The Labute approximate surface area is 66.2 Å². The zero-order valence-electron chi connectivity index (χ0n) is 6.81. The highest BCUT2D eigenvalue weighted by Gasteiger charge is 2.33. The molecule has 5 nitrogen and oxygen atoms in total. The van der Waals surface area contributed by atoms with Gasteiger partial charge < -0.3 is 4.74 Å². The largest absolute Gasteiger partial charge is 0.569 e. The monoisotopic (exact) mass is 185 g/mol. The highest BCUT2D eigenvalue weighted by Crippen LogP contribution is 2.45. The van der Waals surface area contributed by atoms with Gasteiger partial charge in [-0.15, -0.1) is 4.52 Å². The third kappa shape index (κ3) is 10.2. The third-order valence-electron chi connectivity index (χ3n) is 0.718. The summed E-state index contributed by atoms with van der Waals surface area (Å²) in [6.07, 6.45) is 0. The zero-order valence-corrected chi connectivity index (χ0v) is 7.71. The Bertz CT molecular complexity index is 99.0. The molecular weight excluding hydrogens is 171 g/mol. The fraction of sp³-hybridized carbons (Fsp3) is 1.00. The minimum atomic E-state index is -4.13. The first-order valence-corrected chi connectivity index (χ1v) is 4.63. The molecule has 11 heavy (non-hydrogen) atoms. The summed E-state index contributed by atoms with van der Waals surface area (Å²) in [5.41, 5.74) is -0.421. The minimum Gasteiger partial charge on any atom is -0.345 e. The summed E-state index contributed by atoms with van der Waals surface area (Å²) >= 11 is 0. The van der Waals surface area contributed by atoms with E-state index in [2.05, 4.69) is 4.52 Å². The van der Waals surface area contributed by atoms with Crippen LogP contribution in [0.5, 0.6) is 0 Å². The molecule has 0 aliphatic rings. The van der Waals surface area contributed by atoms with Gasteiger partial charge in [0.1, 0.15) is 0 Å². The van der Waals surface area contributed by atoms with Crippen LogP contribution in [0.3, 0.4) is 0 Å². The van der Waals surface area contributed by atoms with Crippen LogP contribution in [-0.4, -0.2) is 27.1 Å². The van der Waals surface area contributed by atoms with Crippen molar-refractivity contribution >= 4 is 8.17 Å². The van der Waals surface area contributed by atoms with Crippen LogP contribution in [0, 0.1) is 0 Å². The van der Waals surface area contributed by atoms with Crippen molar-refractivity contribution in [3.8, 4) is 0 Å². The van der Waals surface area contributed by atoms with Crippen molar-refractivity contribution in [2.75, 3.05) is 6.79 Å². The molecule has 0 amide bonds. The van der Waals surface area contributed by atoms with Gasteiger partial charge in [0.05, 0.1) is 5.60 Å². The van der Waals surface area contributed by atoms with E-state index in [1.54, 1.807) is 20.8 Å². The van der Waals surface area contributed by atoms with Crippen LogP contribution in [0.4, 0.5) is 0 Å². The number of rotatable bonds is 3. The van der Waals surface area contributed by atoms with Gasteiger partial charge in [0, 0.05) is 0 Å². The Morgan fingerprint density at radius 2 is 1.64 bits per heavy atom. The van der Waals surface area contributed by atoms with Gasteiger partial charge in [0.2, 0.25) is 0 Å². The van der Waals surface area contributed by atoms with Crippen molar-refractivity contribution in [2.45, 2.75) is 26.4 Å². The maximum Gasteiger partial charge on any atom is 0.569 e. The summed E-state index contributed by atoms with van der Waals surface area (Å²) in [6, 6.07) is 0. The number of hydrogen-bond acceptors (Lipinski definition) is 5. The first-order valence-electron chi connectivity index (χ1n) is 3.06. The van der Waals surface area contributed by atoms with Gasteiger partial charge in [0.15, 0.2) is 6.79 Å². The second-order valence-electron chi connectivity index (χ2n) is 3.02. The molecule has 0 fully saturated rings. The van der Waals surface area contributed by atoms with Crippen LogP contribution >= 0.6 is 8.17 Å². The molecule has 3 N–H and O–H groups in total. The predicted octanol–water partition coefficient (Wildman–Crippen LogP) is 0.430. The Morgan fingerprint density at radius 3 is 1.91 bits per heavy atom. The standard InChI is InChI=1S/C5H14O5P/c1-5(2,3)9-4-10-11(6,7)8/h6-8H,4H2,1-3H3/q+1. The van der Waals surface area contributed by atoms with Crippen molar-refractivity contribution in [1.29, 1.82) is 0 Å². The molecule has 6 heteroatoms. The number of ether oxygens (including phenoxy) is 1. The highest BCUT2D eigenvalue weighted by molar-refractivity contribution is 7.53. The van der Waals surface area contributed by atoms with E-state index in [0.717, 1.165) is 0 Å². The lowest BCUT2D eigenvalue weighted by Crippen LogP contribution is -2.20. The van der Waals surface area contributed by atoms with Crippen LogP contribution in [0.15, 0.2) is 0 Å². The summed E-state index contributed by atoms with van der Waals surface area (Å²) in [7, 11) is -4.13. The summed E-state index contributed by atoms with van der Waals surface area (Å²) in [5.74, 6) is 0. The molecule has 0 saturated carbocycles. The quantitative estimate of drug-likeness (QED) is 0.439. The van der Waals surface area contributed by atoms with Crippen LogP contribution in [0.1, 0.15) is 20.8 Å². The second kappa shape index (κ2) is 3.76. The molecule has 0 spiro atoms. The summed E-state index contributed by atoms with van der Waals surface area (Å²) in [4.78, 5) is 25.0. The average Bonchev–Trinajstić information content (AvgIpc) is 1.55. The van der Waals surface area contributed by atoms with E-state index >= 15 is 0 Å². The zero-order chi connectivity index (χ0) is 9.12. The number of hydrogen-bond donors (Lipinski definition) is 3. The van der Waals surface area contributed by atoms with E-state index in [9.17, 15) is 0 Å². The molecule has 0 saturated heterocycles. The molecule has 0 rings (SSSR count). The van der Waals surface area contributed by atoms with E-state index in [0.29, 0.717) is 0 Å². The molecule has 0 aliphatic carbocycles. The molecular formula is C5H14O5P+. The van der Waals surface area contributed by atoms with Gasteiger partial charge in [0.25, 0.3) is 0 Å². The highest BCUT2D eigenvalue weighted by atomic mass is 31.2. The van der Waals surface area contributed by atoms with Gasteiger partial charge in [-0.3, -0.25) is 0 Å². The van der Waals surface area contributed by atoms with Crippen molar-refractivity contribution in [3.05, 3.63) is 0 Å². The predicted molar refractivity (Wildman–Crippen MR) is 40.4 cm³/mol. The fourth-order valence-corrected chi connectivity index (χ4v) is 0.468. The molecule has 68 valence electrons. The summed E-state index contributed by atoms with van der Waals surface area (Å²) < 4.78 is 9.09. The maximum absolute atomic E-state index is 8.33. The molecule has 0 atom stereocenters. The maximum atomic E-state index is 8.33. The molecule has 0 bridgehead atoms. The molecule has 0 unspecified atom stereocenters. The third-order valence-corrected chi connectivity index (χ3v) is 1.17. The van der Waals surface area contributed by atoms with Gasteiger partial charge in [-0.2, -0.15) is 14.7 Å². The van der Waals surface area contributed by atoms with Crippen LogP contribution in [0.25, 0.3) is 0 Å². The molecule has 0 heterocycles. The SMILES string of the molecule is CC(C)(C)OCO[P+](O)(O)O. The Hall–Kier alpha value is 0.230. The Morgan fingerprint density at radius 1 is 1.18 bits per heavy atom. The molecule has 0 radical (unpaired) electrons. The lowest BCUT2D eigenvalue weighted by atomic mass is 10.2. The molecule has 0 aromatic rings. The van der Waals surface area contributed by atoms with E-state index in [4.69, 9.17) is 19.4 Å². The van der Waals surface area contributed by atoms with Crippen molar-refractivity contribution in [2.24, 2.45) is 0 Å². The van der Waals surface area contributed by atoms with Crippen molar-refractivity contribution in [1.82, 2.24) is 0 Å². The Kier molecular flexibility index (Phi) is 3.84. The summed E-state index contributed by atoms with van der Waals surface area (Å²) in [6.45, 7) is 5.01. The van der Waals surface area contributed by atoms with Gasteiger partial charge >= 0.3 is 8.17 Å². The average molecular weight is 185 g/mol. The molecule has 0 aromatic heterocycles. The summed E-state index contributed by atoms with van der Waals surface area (Å²) in [5, 5.41) is 0. The normalized spacial score (nSPS) is 13.6. The minimum absolute atomic E-state index is 0.333. The van der Waals surface area contributed by atoms with Crippen LogP contribution < -0.4 is 0 Å². The molecule has 0 aliphatic heterocycles. The topological polar surface area (TPSA) is 79.2 Å². The van der Waals surface area contributed by atoms with Crippen LogP contribution in [-0.2, 0) is 9.26 Å². The van der Waals surface area contributed by atoms with Crippen LogP contribution in [0.2, 0.25) is 0 Å². The lowest BCUT2D eigenvalue weighted by Gasteiger charge is -2.17. The van der Waals surface area contributed by atoms with Crippen molar-refractivity contribution < 1.29 is 23.9 Å². The smallest absolute Gasteiger partial charge is 0.345 e. The van der Waals surface area contributed by atoms with E-state index < -0.39 is 13.8 Å². The van der Waals surface area contributed by atoms with Gasteiger partial charge in [-0.1, -0.05) is 0 Å². The van der Waals surface area contributed by atoms with E-state index in [1.165, 1.54) is 0 Å².